The van der Waals surface area contributed by atoms with Crippen molar-refractivity contribution in [1.29, 1.82) is 0 Å². The van der Waals surface area contributed by atoms with Gasteiger partial charge in [0.25, 0.3) is 0 Å². The molecular weight excluding hydrogens is 488 g/mol. The van der Waals surface area contributed by atoms with Crippen LogP contribution in [0.1, 0.15) is 27.0 Å². The van der Waals surface area contributed by atoms with Crippen molar-refractivity contribution in [3.05, 3.63) is 95.6 Å². The number of aromatic nitrogens is 2. The molecule has 3 N–H and O–H groups in total. The van der Waals surface area contributed by atoms with Gasteiger partial charge in [0.15, 0.2) is 37.9 Å². The van der Waals surface area contributed by atoms with Crippen LogP contribution in [0.5, 0.6) is 0 Å². The minimum Gasteiger partial charge on any atom is -1.00 e. The summed E-state index contributed by atoms with van der Waals surface area (Å²) in [5.41, 5.74) is 8.96. The molecular formula is C20H20Br2N4O2. The molecule has 3 aromatic rings. The van der Waals surface area contributed by atoms with E-state index in [1.807, 2.05) is 58.2 Å². The summed E-state index contributed by atoms with van der Waals surface area (Å²) < 4.78 is 4.04. The Kier molecular flexibility index (Phi) is 9.47. The zero-order valence-corrected chi connectivity index (χ0v) is 18.1. The van der Waals surface area contributed by atoms with E-state index in [-0.39, 0.29) is 34.0 Å². The van der Waals surface area contributed by atoms with E-state index < -0.39 is 5.91 Å². The predicted molar refractivity (Wildman–Crippen MR) is 95.8 cm³/mol. The highest BCUT2D eigenvalue weighted by atomic mass is 79.9. The molecule has 0 fully saturated rings. The van der Waals surface area contributed by atoms with Crippen LogP contribution in [0.15, 0.2) is 78.5 Å². The van der Waals surface area contributed by atoms with Crippen LogP contribution in [-0.2, 0) is 13.1 Å². The van der Waals surface area contributed by atoms with Gasteiger partial charge in [0.2, 0.25) is 5.91 Å². The van der Waals surface area contributed by atoms with Crippen LogP contribution in [-0.4, -0.2) is 17.3 Å². The van der Waals surface area contributed by atoms with E-state index in [0.29, 0.717) is 18.7 Å². The minimum atomic E-state index is -0.430. The molecule has 1 amide bonds. The summed E-state index contributed by atoms with van der Waals surface area (Å²) in [7, 11) is 0. The smallest absolute Gasteiger partial charge is 0.249 e. The highest BCUT2D eigenvalue weighted by Gasteiger charge is 2.12. The maximum atomic E-state index is 11.2. The first-order chi connectivity index (χ1) is 12.7. The van der Waals surface area contributed by atoms with Crippen molar-refractivity contribution < 1.29 is 53.1 Å². The fourth-order valence-electron chi connectivity index (χ4n) is 2.77. The standard InChI is InChI=1S/C20H18N4O2.2BrH/c21-20(25)17-7-10-23(11-8-17)14-18-5-1-2-6-19(18)15-24-9-3-4-16(13-24)12-22-26;;/h1-13H,14-15H2,(H-2,21,25,26);2*1H/b22-12+;;. The Balaban J connectivity index is 0.00000196. The molecule has 0 saturated heterocycles. The maximum Gasteiger partial charge on any atom is 0.249 e. The summed E-state index contributed by atoms with van der Waals surface area (Å²) >= 11 is 0. The number of benzene rings is 1. The van der Waals surface area contributed by atoms with Crippen molar-refractivity contribution in [3.63, 3.8) is 0 Å². The lowest BCUT2D eigenvalue weighted by molar-refractivity contribution is -0.693. The molecule has 2 heterocycles. The first kappa shape index (κ1) is 23.5. The van der Waals surface area contributed by atoms with Crippen LogP contribution in [0.3, 0.4) is 0 Å². The number of carbonyl (C=O) groups is 1. The first-order valence-electron chi connectivity index (χ1n) is 8.18. The average Bonchev–Trinajstić information content (AvgIpc) is 2.64. The Hall–Kier alpha value is -2.58. The second-order valence-electron chi connectivity index (χ2n) is 5.95. The quantitative estimate of drug-likeness (QED) is 0.152. The molecule has 0 atom stereocenters. The molecule has 0 unspecified atom stereocenters. The number of pyridine rings is 2. The van der Waals surface area contributed by atoms with Crippen LogP contribution in [0, 0.1) is 0 Å². The van der Waals surface area contributed by atoms with Gasteiger partial charge in [0.1, 0.15) is 0 Å². The SMILES string of the molecule is NC(=O)c1cc[n+](Cc2ccccc2C[n+]2cccc(/C=N/O)c2)cc1.[Br-].[Br-]. The number of nitrogens with two attached hydrogens (primary N) is 1. The number of nitrogens with zero attached hydrogens (tertiary/aromatic N) is 3. The van der Waals surface area contributed by atoms with Crippen molar-refractivity contribution in [2.24, 2.45) is 10.9 Å². The van der Waals surface area contributed by atoms with Gasteiger partial charge in [-0.3, -0.25) is 4.79 Å². The summed E-state index contributed by atoms with van der Waals surface area (Å²) in [6, 6.07) is 15.4. The van der Waals surface area contributed by atoms with E-state index in [9.17, 15) is 4.79 Å². The third-order valence-corrected chi connectivity index (χ3v) is 4.09. The second-order valence-corrected chi connectivity index (χ2v) is 5.95. The Bertz CT molecular complexity index is 947. The number of hydrogen-bond acceptors (Lipinski definition) is 3. The lowest BCUT2D eigenvalue weighted by Gasteiger charge is -2.05. The van der Waals surface area contributed by atoms with E-state index in [2.05, 4.69) is 17.3 Å². The van der Waals surface area contributed by atoms with Gasteiger partial charge in [-0.05, 0) is 6.07 Å². The largest absolute Gasteiger partial charge is 1.00 e. The van der Waals surface area contributed by atoms with Crippen LogP contribution < -0.4 is 48.8 Å². The normalized spacial score (nSPS) is 10.1. The zero-order chi connectivity index (χ0) is 18.4. The van der Waals surface area contributed by atoms with Gasteiger partial charge in [-0.25, -0.2) is 9.13 Å². The first-order valence-corrected chi connectivity index (χ1v) is 8.18. The second kappa shape index (κ2) is 11.3. The van der Waals surface area contributed by atoms with Crippen LogP contribution in [0.4, 0.5) is 0 Å². The molecule has 0 aliphatic rings. The number of amides is 1. The Morgan fingerprint density at radius 2 is 1.54 bits per heavy atom. The number of rotatable bonds is 6. The van der Waals surface area contributed by atoms with Crippen LogP contribution >= 0.6 is 0 Å². The number of oxime groups is 1. The monoisotopic (exact) mass is 506 g/mol. The highest BCUT2D eigenvalue weighted by Crippen LogP contribution is 2.08. The Morgan fingerprint density at radius 3 is 2.11 bits per heavy atom. The van der Waals surface area contributed by atoms with E-state index in [1.165, 1.54) is 17.3 Å². The summed E-state index contributed by atoms with van der Waals surface area (Å²) in [5, 5.41) is 11.8. The third kappa shape index (κ3) is 6.24. The van der Waals surface area contributed by atoms with E-state index >= 15 is 0 Å². The topological polar surface area (TPSA) is 83.4 Å². The summed E-state index contributed by atoms with van der Waals surface area (Å²) in [4.78, 5) is 11.2. The van der Waals surface area contributed by atoms with Gasteiger partial charge in [-0.1, -0.05) is 29.4 Å². The van der Waals surface area contributed by atoms with Crippen LogP contribution in [0.25, 0.3) is 0 Å². The van der Waals surface area contributed by atoms with E-state index in [4.69, 9.17) is 10.9 Å². The molecule has 3 rings (SSSR count). The van der Waals surface area contributed by atoms with Gasteiger partial charge in [-0.15, -0.1) is 0 Å². The fourth-order valence-corrected chi connectivity index (χ4v) is 2.77. The fraction of sp³-hybridized carbons (Fsp3) is 0.100. The molecule has 0 bridgehead atoms. The van der Waals surface area contributed by atoms with E-state index in [0.717, 1.165) is 5.56 Å². The molecule has 2 aromatic heterocycles. The molecule has 0 radical (unpaired) electrons. The number of primary amides is 1. The van der Waals surface area contributed by atoms with Gasteiger partial charge in [0, 0.05) is 29.3 Å². The molecule has 146 valence electrons. The third-order valence-electron chi connectivity index (χ3n) is 4.09. The summed E-state index contributed by atoms with van der Waals surface area (Å²) in [6.07, 6.45) is 8.99. The Morgan fingerprint density at radius 1 is 0.929 bits per heavy atom. The molecule has 0 aliphatic carbocycles. The van der Waals surface area contributed by atoms with Crippen LogP contribution in [0.2, 0.25) is 0 Å². The molecule has 6 nitrogen and oxygen atoms in total. The Labute approximate surface area is 184 Å². The highest BCUT2D eigenvalue weighted by molar-refractivity contribution is 5.92. The molecule has 0 aliphatic heterocycles. The molecule has 8 heteroatoms. The summed E-state index contributed by atoms with van der Waals surface area (Å²) in [5.74, 6) is -0.430. The summed E-state index contributed by atoms with van der Waals surface area (Å²) in [6.45, 7) is 1.39. The number of hydrogen-bond donors (Lipinski definition) is 2. The predicted octanol–water partition coefficient (Wildman–Crippen LogP) is -4.73. The minimum absolute atomic E-state index is 0. The van der Waals surface area contributed by atoms with Crippen molar-refractivity contribution in [3.8, 4) is 0 Å². The van der Waals surface area contributed by atoms with Crippen molar-refractivity contribution in [1.82, 2.24) is 0 Å². The maximum absolute atomic E-state index is 11.2. The lowest BCUT2D eigenvalue weighted by Crippen LogP contribution is -3.00. The van der Waals surface area contributed by atoms with Gasteiger partial charge < -0.3 is 44.9 Å². The average molecular weight is 508 g/mol. The molecule has 1 aromatic carbocycles. The number of carbonyl (C=O) groups excluding carboxylic acids is 1. The lowest BCUT2D eigenvalue weighted by atomic mass is 10.1. The van der Waals surface area contributed by atoms with Crippen molar-refractivity contribution >= 4 is 12.1 Å². The van der Waals surface area contributed by atoms with Gasteiger partial charge in [-0.2, -0.15) is 0 Å². The zero-order valence-electron chi connectivity index (χ0n) is 15.0. The van der Waals surface area contributed by atoms with E-state index in [1.54, 1.807) is 12.1 Å². The molecule has 0 saturated carbocycles. The van der Waals surface area contributed by atoms with Gasteiger partial charge in [0.05, 0.1) is 17.3 Å². The van der Waals surface area contributed by atoms with Crippen molar-refractivity contribution in [2.75, 3.05) is 0 Å². The van der Waals surface area contributed by atoms with Crippen molar-refractivity contribution in [2.45, 2.75) is 13.1 Å². The molecule has 0 spiro atoms. The van der Waals surface area contributed by atoms with Gasteiger partial charge >= 0.3 is 0 Å². The molecule has 28 heavy (non-hydrogen) atoms. The number of halogens is 2.